The first-order chi connectivity index (χ1) is 8.09. The van der Waals surface area contributed by atoms with Crippen molar-refractivity contribution in [1.82, 2.24) is 9.21 Å². The summed E-state index contributed by atoms with van der Waals surface area (Å²) >= 11 is 0. The molecule has 0 aromatic heterocycles. The van der Waals surface area contributed by atoms with Gasteiger partial charge in [-0.05, 0) is 27.2 Å². The quantitative estimate of drug-likeness (QED) is 0.804. The van der Waals surface area contributed by atoms with E-state index in [-0.39, 0.29) is 18.5 Å². The van der Waals surface area contributed by atoms with E-state index in [1.54, 1.807) is 9.21 Å². The molecule has 19 heavy (non-hydrogen) atoms. The fourth-order valence-electron chi connectivity index (χ4n) is 1.75. The molecule has 0 aromatic rings. The van der Waals surface area contributed by atoms with Crippen LogP contribution in [0.5, 0.6) is 0 Å². The molecule has 1 aliphatic rings. The van der Waals surface area contributed by atoms with Gasteiger partial charge in [0.2, 0.25) is 0 Å². The molecule has 1 unspecified atom stereocenters. The fourth-order valence-corrected chi connectivity index (χ4v) is 2.66. The van der Waals surface area contributed by atoms with Crippen molar-refractivity contribution in [2.75, 3.05) is 32.4 Å². The van der Waals surface area contributed by atoms with Gasteiger partial charge in [-0.1, -0.05) is 0 Å². The number of ether oxygens (including phenoxy) is 1. The maximum Gasteiger partial charge on any atom is 0.410 e. The minimum atomic E-state index is -2.68. The number of nitrogens with one attached hydrogen (secondary N) is 1. The third-order valence-electron chi connectivity index (χ3n) is 2.60. The maximum absolute atomic E-state index is 11.9. The van der Waals surface area contributed by atoms with Crippen molar-refractivity contribution < 1.29 is 13.7 Å². The molecule has 0 aromatic carbocycles. The summed E-state index contributed by atoms with van der Waals surface area (Å²) in [6.07, 6.45) is 1.79. The summed E-state index contributed by atoms with van der Waals surface area (Å²) in [7, 11) is -2.68. The van der Waals surface area contributed by atoms with Crippen molar-refractivity contribution >= 4 is 28.4 Å². The second-order valence-corrected chi connectivity index (χ2v) is 7.67. The number of halogens is 1. The Balaban J connectivity index is 0.00000324. The predicted octanol–water partition coefficient (Wildman–Crippen LogP) is 1.94. The highest BCUT2D eigenvalue weighted by molar-refractivity contribution is 7.89. The normalized spacial score (nSPS) is 20.9. The van der Waals surface area contributed by atoms with Crippen LogP contribution in [0.1, 0.15) is 27.2 Å². The summed E-state index contributed by atoms with van der Waals surface area (Å²) in [4.78, 5) is 13.5. The number of carbonyl (C=O) groups excluding carboxylic acids is 1. The lowest BCUT2D eigenvalue weighted by molar-refractivity contribution is 0.0260. The van der Waals surface area contributed by atoms with Gasteiger partial charge < -0.3 is 9.64 Å². The van der Waals surface area contributed by atoms with Crippen LogP contribution < -0.4 is 0 Å². The number of carbonyl (C=O) groups is 1. The van der Waals surface area contributed by atoms with Crippen LogP contribution in [0.2, 0.25) is 0 Å². The van der Waals surface area contributed by atoms with Crippen molar-refractivity contribution in [2.45, 2.75) is 32.8 Å². The van der Waals surface area contributed by atoms with Crippen molar-refractivity contribution in [3.05, 3.63) is 0 Å². The van der Waals surface area contributed by atoms with Crippen LogP contribution in [0.4, 0.5) is 4.79 Å². The Kier molecular flexibility index (Phi) is 6.57. The Bertz CT molecular complexity index is 406. The van der Waals surface area contributed by atoms with Gasteiger partial charge in [0.05, 0.1) is 0 Å². The molecule has 1 fully saturated rings. The molecule has 0 saturated carbocycles. The number of rotatable bonds is 1. The number of hydrogen-bond acceptors (Lipinski definition) is 4. The van der Waals surface area contributed by atoms with Gasteiger partial charge in [0.1, 0.15) is 15.5 Å². The molecule has 1 amide bonds. The minimum absolute atomic E-state index is 0. The van der Waals surface area contributed by atoms with Gasteiger partial charge in [-0.2, -0.15) is 0 Å². The zero-order valence-electron chi connectivity index (χ0n) is 12.0. The zero-order chi connectivity index (χ0) is 14.0. The molecule has 0 bridgehead atoms. The van der Waals surface area contributed by atoms with E-state index in [1.807, 2.05) is 20.8 Å². The molecule has 1 heterocycles. The number of amides is 1. The van der Waals surface area contributed by atoms with E-state index in [2.05, 4.69) is 0 Å². The van der Waals surface area contributed by atoms with Crippen LogP contribution in [-0.4, -0.2) is 57.5 Å². The van der Waals surface area contributed by atoms with Crippen LogP contribution in [0.25, 0.3) is 0 Å². The molecule has 6 nitrogen and oxygen atoms in total. The monoisotopic (exact) mass is 313 g/mol. The fraction of sp³-hybridized carbons (Fsp3) is 0.909. The molecule has 1 aliphatic heterocycles. The summed E-state index contributed by atoms with van der Waals surface area (Å²) in [5.41, 5.74) is -0.503. The predicted molar refractivity (Wildman–Crippen MR) is 78.0 cm³/mol. The van der Waals surface area contributed by atoms with E-state index >= 15 is 0 Å². The third-order valence-corrected chi connectivity index (χ3v) is 3.95. The largest absolute Gasteiger partial charge is 0.444 e. The molecule has 1 N–H and O–H groups in total. The van der Waals surface area contributed by atoms with Gasteiger partial charge >= 0.3 is 6.09 Å². The summed E-state index contributed by atoms with van der Waals surface area (Å²) in [5.74, 6) is 0. The highest BCUT2D eigenvalue weighted by atomic mass is 35.5. The zero-order valence-corrected chi connectivity index (χ0v) is 13.6. The Morgan fingerprint density at radius 2 is 1.79 bits per heavy atom. The molecule has 114 valence electrons. The van der Waals surface area contributed by atoms with Gasteiger partial charge in [0.25, 0.3) is 0 Å². The Labute approximate surface area is 122 Å². The van der Waals surface area contributed by atoms with E-state index in [9.17, 15) is 9.00 Å². The second kappa shape index (κ2) is 6.76. The molecule has 0 spiro atoms. The van der Waals surface area contributed by atoms with Crippen molar-refractivity contribution in [2.24, 2.45) is 0 Å². The highest BCUT2D eigenvalue weighted by Gasteiger charge is 2.25. The third kappa shape index (κ3) is 6.44. The van der Waals surface area contributed by atoms with Crippen LogP contribution >= 0.6 is 12.4 Å². The summed E-state index contributed by atoms with van der Waals surface area (Å²) in [6, 6.07) is 0. The van der Waals surface area contributed by atoms with E-state index < -0.39 is 15.5 Å². The molecular weight excluding hydrogens is 290 g/mol. The maximum atomic E-state index is 11.9. The SMILES string of the molecule is CC(C)(C)OC(=O)N1CCCN(S(C)(=N)=O)CC1.Cl. The number of nitrogens with zero attached hydrogens (tertiary/aromatic N) is 2. The molecule has 1 atom stereocenters. The first-order valence-corrected chi connectivity index (χ1v) is 7.99. The molecule has 8 heteroatoms. The Morgan fingerprint density at radius 3 is 2.26 bits per heavy atom. The lowest BCUT2D eigenvalue weighted by Gasteiger charge is -2.26. The number of hydrogen-bond donors (Lipinski definition) is 1. The van der Waals surface area contributed by atoms with Gasteiger partial charge in [0, 0.05) is 32.4 Å². The molecule has 0 radical (unpaired) electrons. The molecule has 1 rings (SSSR count). The van der Waals surface area contributed by atoms with Crippen molar-refractivity contribution in [1.29, 1.82) is 4.78 Å². The smallest absolute Gasteiger partial charge is 0.410 e. The lowest BCUT2D eigenvalue weighted by Crippen LogP contribution is -2.39. The van der Waals surface area contributed by atoms with Crippen molar-refractivity contribution in [3.8, 4) is 0 Å². The highest BCUT2D eigenvalue weighted by Crippen LogP contribution is 2.13. The Morgan fingerprint density at radius 1 is 1.21 bits per heavy atom. The van der Waals surface area contributed by atoms with Crippen LogP contribution in [0.3, 0.4) is 0 Å². The standard InChI is InChI=1S/C11H23N3O3S.ClH/c1-11(2,3)17-10(15)13-6-5-7-14(9-8-13)18(4,12)16;/h12H,5-9H2,1-4H3;1H. The van der Waals surface area contributed by atoms with Gasteiger partial charge in [-0.15, -0.1) is 12.4 Å². The topological polar surface area (TPSA) is 73.7 Å². The van der Waals surface area contributed by atoms with Gasteiger partial charge in [0.15, 0.2) is 0 Å². The van der Waals surface area contributed by atoms with Crippen molar-refractivity contribution in [3.63, 3.8) is 0 Å². The molecule has 0 aliphatic carbocycles. The summed E-state index contributed by atoms with van der Waals surface area (Å²) < 4.78 is 26.1. The van der Waals surface area contributed by atoms with E-state index in [1.165, 1.54) is 6.26 Å². The Hall–Kier alpha value is -0.530. The minimum Gasteiger partial charge on any atom is -0.444 e. The molecule has 1 saturated heterocycles. The summed E-state index contributed by atoms with van der Waals surface area (Å²) in [5, 5.41) is 0. The lowest BCUT2D eigenvalue weighted by atomic mass is 10.2. The summed E-state index contributed by atoms with van der Waals surface area (Å²) in [6.45, 7) is 7.57. The van der Waals surface area contributed by atoms with Gasteiger partial charge in [-0.3, -0.25) is 0 Å². The van der Waals surface area contributed by atoms with Crippen LogP contribution in [0.15, 0.2) is 0 Å². The molecular formula is C11H24ClN3O3S. The van der Waals surface area contributed by atoms with E-state index in [0.717, 1.165) is 0 Å². The first-order valence-electron chi connectivity index (χ1n) is 6.06. The van der Waals surface area contributed by atoms with E-state index in [0.29, 0.717) is 32.6 Å². The van der Waals surface area contributed by atoms with Gasteiger partial charge in [-0.25, -0.2) is 18.1 Å². The van der Waals surface area contributed by atoms with E-state index in [4.69, 9.17) is 9.52 Å². The average Bonchev–Trinajstić information content (AvgIpc) is 2.38. The second-order valence-electron chi connectivity index (χ2n) is 5.55. The average molecular weight is 314 g/mol. The van der Waals surface area contributed by atoms with Crippen LogP contribution in [-0.2, 0) is 14.7 Å². The van der Waals surface area contributed by atoms with Crippen LogP contribution in [0, 0.1) is 4.78 Å². The first kappa shape index (κ1) is 18.5.